The van der Waals surface area contributed by atoms with Gasteiger partial charge >= 0.3 is 0 Å². The zero-order chi connectivity index (χ0) is 27.0. The molecule has 0 radical (unpaired) electrons. The number of carbonyl (C=O) groups excluding carboxylic acids is 2. The van der Waals surface area contributed by atoms with Gasteiger partial charge in [-0.2, -0.15) is 9.49 Å². The molecule has 2 amide bonds. The van der Waals surface area contributed by atoms with Crippen molar-refractivity contribution in [2.45, 2.75) is 63.3 Å². The lowest BCUT2D eigenvalue weighted by atomic mass is 10.0. The van der Waals surface area contributed by atoms with Crippen LogP contribution in [-0.4, -0.2) is 50.2 Å². The predicted octanol–water partition coefficient (Wildman–Crippen LogP) is 4.39. The van der Waals surface area contributed by atoms with Gasteiger partial charge in [0.1, 0.15) is 24.5 Å². The van der Waals surface area contributed by atoms with E-state index < -0.39 is 54.7 Å². The maximum Gasteiger partial charge on any atom is 0.282 e. The first-order valence-corrected chi connectivity index (χ1v) is 12.5. The van der Waals surface area contributed by atoms with Gasteiger partial charge in [-0.3, -0.25) is 14.3 Å². The number of pyridine rings is 1. The van der Waals surface area contributed by atoms with E-state index in [0.717, 1.165) is 22.4 Å². The highest BCUT2D eigenvalue weighted by atomic mass is 19.3. The quantitative estimate of drug-likeness (QED) is 0.347. The Balaban J connectivity index is 1.37. The van der Waals surface area contributed by atoms with Gasteiger partial charge in [0, 0.05) is 17.7 Å². The number of hydrogen-bond donors (Lipinski definition) is 1. The second kappa shape index (κ2) is 10.5. The first kappa shape index (κ1) is 25.9. The van der Waals surface area contributed by atoms with Gasteiger partial charge in [0.2, 0.25) is 17.8 Å². The minimum absolute atomic E-state index is 0.163. The zero-order valence-corrected chi connectivity index (χ0v) is 20.7. The van der Waals surface area contributed by atoms with Gasteiger partial charge in [-0.1, -0.05) is 36.4 Å². The van der Waals surface area contributed by atoms with Gasteiger partial charge in [0.25, 0.3) is 6.43 Å². The Morgan fingerprint density at radius 1 is 1.11 bits per heavy atom. The van der Waals surface area contributed by atoms with Crippen LogP contribution in [-0.2, 0) is 16.1 Å². The molecule has 3 aromatic rings. The molecule has 0 bridgehead atoms. The molecule has 7 nitrogen and oxygen atoms in total. The summed E-state index contributed by atoms with van der Waals surface area (Å²) in [6.45, 7) is 0.813. The standard InChI is InChI=1S/C27H27F4N5O2/c1-15-11-21(25(29)30)34-36(15)14-23(37)35-13-18(28)12-22(35)27(38)33-24(17-5-3-2-4-6-17)20-10-9-19(16-7-8-16)26(31)32-20/h2-6,9-11,16,18,22,24-25H,7-8,12-14H2,1H3,(H,33,38)/t18-,22+,24+/m1/s1. The number of alkyl halides is 3. The minimum Gasteiger partial charge on any atom is -0.342 e. The van der Waals surface area contributed by atoms with Gasteiger partial charge in [0.15, 0.2) is 0 Å². The van der Waals surface area contributed by atoms with E-state index >= 15 is 0 Å². The number of likely N-dealkylation sites (tertiary alicyclic amines) is 1. The molecule has 0 unspecified atom stereocenters. The monoisotopic (exact) mass is 529 g/mol. The van der Waals surface area contributed by atoms with Crippen molar-refractivity contribution in [1.29, 1.82) is 0 Å². The lowest BCUT2D eigenvalue weighted by molar-refractivity contribution is -0.139. The van der Waals surface area contributed by atoms with Crippen molar-refractivity contribution < 1.29 is 27.2 Å². The van der Waals surface area contributed by atoms with E-state index in [-0.39, 0.29) is 24.6 Å². The van der Waals surface area contributed by atoms with Crippen molar-refractivity contribution in [3.8, 4) is 0 Å². The molecule has 1 aliphatic carbocycles. The minimum atomic E-state index is -2.79. The average Bonchev–Trinajstić information content (AvgIpc) is 3.56. The summed E-state index contributed by atoms with van der Waals surface area (Å²) in [7, 11) is 0. The molecule has 1 saturated heterocycles. The van der Waals surface area contributed by atoms with E-state index in [1.54, 1.807) is 42.5 Å². The van der Waals surface area contributed by atoms with E-state index in [4.69, 9.17) is 0 Å². The molecule has 3 atom stereocenters. The van der Waals surface area contributed by atoms with Crippen LogP contribution in [0.3, 0.4) is 0 Å². The first-order valence-electron chi connectivity index (χ1n) is 12.5. The molecule has 5 rings (SSSR count). The summed E-state index contributed by atoms with van der Waals surface area (Å²) >= 11 is 0. The SMILES string of the molecule is Cc1cc(C(F)F)nn1CC(=O)N1C[C@H](F)C[C@H]1C(=O)N[C@@H](c1ccccc1)c1ccc(C2CC2)c(F)n1. The highest BCUT2D eigenvalue weighted by Crippen LogP contribution is 2.41. The normalized spacial score (nSPS) is 20.1. The summed E-state index contributed by atoms with van der Waals surface area (Å²) in [5.74, 6) is -1.66. The van der Waals surface area contributed by atoms with Crippen molar-refractivity contribution in [2.24, 2.45) is 0 Å². The maximum atomic E-state index is 14.8. The first-order chi connectivity index (χ1) is 18.2. The lowest BCUT2D eigenvalue weighted by Crippen LogP contribution is -2.48. The van der Waals surface area contributed by atoms with E-state index in [9.17, 15) is 27.2 Å². The van der Waals surface area contributed by atoms with Crippen LogP contribution in [0, 0.1) is 12.9 Å². The highest BCUT2D eigenvalue weighted by Gasteiger charge is 2.41. The second-order valence-corrected chi connectivity index (χ2v) is 9.81. The zero-order valence-electron chi connectivity index (χ0n) is 20.7. The fourth-order valence-corrected chi connectivity index (χ4v) is 4.86. The van der Waals surface area contributed by atoms with Crippen molar-refractivity contribution in [3.05, 3.63) is 82.7 Å². The molecule has 0 spiro atoms. The summed E-state index contributed by atoms with van der Waals surface area (Å²) in [6, 6.07) is 11.4. The van der Waals surface area contributed by atoms with Crippen LogP contribution in [0.25, 0.3) is 0 Å². The van der Waals surface area contributed by atoms with Gasteiger partial charge in [-0.15, -0.1) is 0 Å². The number of nitrogens with zero attached hydrogens (tertiary/aromatic N) is 4. The van der Waals surface area contributed by atoms with Gasteiger partial charge < -0.3 is 10.2 Å². The van der Waals surface area contributed by atoms with E-state index in [2.05, 4.69) is 15.4 Å². The number of aromatic nitrogens is 3. The van der Waals surface area contributed by atoms with Crippen molar-refractivity contribution in [3.63, 3.8) is 0 Å². The Bertz CT molecular complexity index is 1330. The topological polar surface area (TPSA) is 80.1 Å². The van der Waals surface area contributed by atoms with Crippen molar-refractivity contribution in [2.75, 3.05) is 6.54 Å². The molecule has 2 fully saturated rings. The predicted molar refractivity (Wildman–Crippen MR) is 130 cm³/mol. The Hall–Kier alpha value is -3.76. The number of rotatable bonds is 8. The lowest BCUT2D eigenvalue weighted by Gasteiger charge is -2.27. The number of halogens is 4. The number of nitrogens with one attached hydrogen (secondary N) is 1. The van der Waals surface area contributed by atoms with Gasteiger partial charge in [-0.05, 0) is 43.4 Å². The molecule has 200 valence electrons. The van der Waals surface area contributed by atoms with Crippen LogP contribution in [0.2, 0.25) is 0 Å². The Kier molecular flexibility index (Phi) is 7.18. The fraction of sp³-hybridized carbons (Fsp3) is 0.407. The third kappa shape index (κ3) is 5.41. The van der Waals surface area contributed by atoms with E-state index in [1.807, 2.05) is 0 Å². The van der Waals surface area contributed by atoms with E-state index in [0.29, 0.717) is 16.8 Å². The molecule has 38 heavy (non-hydrogen) atoms. The second-order valence-electron chi connectivity index (χ2n) is 9.81. The summed E-state index contributed by atoms with van der Waals surface area (Å²) < 4.78 is 56.4. The number of amides is 2. The largest absolute Gasteiger partial charge is 0.342 e. The molecule has 3 heterocycles. The van der Waals surface area contributed by atoms with Crippen LogP contribution >= 0.6 is 0 Å². The van der Waals surface area contributed by atoms with Crippen LogP contribution in [0.5, 0.6) is 0 Å². The highest BCUT2D eigenvalue weighted by molar-refractivity contribution is 5.88. The van der Waals surface area contributed by atoms with Crippen LogP contribution < -0.4 is 5.32 Å². The number of benzene rings is 1. The molecule has 1 saturated carbocycles. The summed E-state index contributed by atoms with van der Waals surface area (Å²) in [6.07, 6.45) is -2.63. The molecule has 1 N–H and O–H groups in total. The average molecular weight is 530 g/mol. The van der Waals surface area contributed by atoms with Crippen LogP contribution in [0.1, 0.15) is 65.9 Å². The smallest absolute Gasteiger partial charge is 0.282 e. The number of carbonyl (C=O) groups is 2. The van der Waals surface area contributed by atoms with E-state index in [1.165, 1.54) is 13.0 Å². The Labute approximate surface area is 216 Å². The van der Waals surface area contributed by atoms with Gasteiger partial charge in [-0.25, -0.2) is 18.2 Å². The summed E-state index contributed by atoms with van der Waals surface area (Å²) in [4.78, 5) is 31.7. The third-order valence-electron chi connectivity index (χ3n) is 7.01. The van der Waals surface area contributed by atoms with Crippen molar-refractivity contribution in [1.82, 2.24) is 25.0 Å². The molecule has 1 aromatic carbocycles. The summed E-state index contributed by atoms with van der Waals surface area (Å²) in [5, 5.41) is 6.58. The fourth-order valence-electron chi connectivity index (χ4n) is 4.86. The van der Waals surface area contributed by atoms with Crippen LogP contribution in [0.4, 0.5) is 17.6 Å². The molecular formula is C27H27F4N5O2. The molecular weight excluding hydrogens is 502 g/mol. The van der Waals surface area contributed by atoms with Crippen LogP contribution in [0.15, 0.2) is 48.5 Å². The molecule has 2 aromatic heterocycles. The Morgan fingerprint density at radius 3 is 2.47 bits per heavy atom. The Morgan fingerprint density at radius 2 is 1.84 bits per heavy atom. The van der Waals surface area contributed by atoms with Crippen molar-refractivity contribution >= 4 is 11.8 Å². The number of hydrogen-bond acceptors (Lipinski definition) is 4. The summed E-state index contributed by atoms with van der Waals surface area (Å²) in [5.41, 5.74) is 1.35. The maximum absolute atomic E-state index is 14.8. The van der Waals surface area contributed by atoms with Gasteiger partial charge in [0.05, 0.1) is 18.3 Å². The molecule has 2 aliphatic rings. The molecule has 11 heteroatoms. The third-order valence-corrected chi connectivity index (χ3v) is 7.01. The molecule has 1 aliphatic heterocycles. The number of aryl methyl sites for hydroxylation is 1.